The van der Waals surface area contributed by atoms with Gasteiger partial charge in [-0.05, 0) is 136 Å². The van der Waals surface area contributed by atoms with Gasteiger partial charge in [-0.1, -0.05) is 43.9 Å². The first-order valence-electron chi connectivity index (χ1n) is 15.0. The molecule has 7 rings (SSSR count). The van der Waals surface area contributed by atoms with Crippen molar-refractivity contribution in [1.29, 1.82) is 0 Å². The van der Waals surface area contributed by atoms with Crippen molar-refractivity contribution in [3.63, 3.8) is 0 Å². The molecule has 32 heavy (non-hydrogen) atoms. The Morgan fingerprint density at radius 1 is 0.656 bits per heavy atom. The van der Waals surface area contributed by atoms with E-state index in [4.69, 9.17) is 0 Å². The summed E-state index contributed by atoms with van der Waals surface area (Å²) < 4.78 is 0. The molecule has 1 N–H and O–H groups in total. The normalized spacial score (nSPS) is 52.0. The molecule has 7 aliphatic rings. The monoisotopic (exact) mass is 433 g/mol. The van der Waals surface area contributed by atoms with Gasteiger partial charge in [-0.25, -0.2) is 0 Å². The molecule has 10 unspecified atom stereocenters. The highest BCUT2D eigenvalue weighted by molar-refractivity contribution is 5.24. The van der Waals surface area contributed by atoms with E-state index in [2.05, 4.69) is 23.5 Å². The zero-order valence-electron chi connectivity index (χ0n) is 20.4. The van der Waals surface area contributed by atoms with E-state index in [0.717, 1.165) is 53.4 Å². The van der Waals surface area contributed by atoms with Crippen molar-refractivity contribution in [1.82, 2.24) is 5.32 Å². The van der Waals surface area contributed by atoms with Crippen molar-refractivity contribution < 1.29 is 0 Å². The first-order valence-corrected chi connectivity index (χ1v) is 15.0. The highest BCUT2D eigenvalue weighted by atomic mass is 14.9. The van der Waals surface area contributed by atoms with Gasteiger partial charge in [0.25, 0.3) is 0 Å². The van der Waals surface area contributed by atoms with Crippen LogP contribution >= 0.6 is 0 Å². The van der Waals surface area contributed by atoms with E-state index in [0.29, 0.717) is 5.41 Å². The molecule has 1 nitrogen and oxygen atoms in total. The zero-order valence-corrected chi connectivity index (χ0v) is 20.4. The van der Waals surface area contributed by atoms with E-state index in [9.17, 15) is 0 Å². The third-order valence-corrected chi connectivity index (χ3v) is 12.3. The molecular formula is C31H47N. The lowest BCUT2D eigenvalue weighted by Gasteiger charge is -2.51. The highest BCUT2D eigenvalue weighted by Gasteiger charge is 2.71. The second-order valence-electron chi connectivity index (χ2n) is 13.2. The first-order chi connectivity index (χ1) is 15.9. The molecule has 5 fully saturated rings. The lowest BCUT2D eigenvalue weighted by atomic mass is 9.53. The molecule has 0 bridgehead atoms. The van der Waals surface area contributed by atoms with E-state index < -0.39 is 0 Å². The van der Waals surface area contributed by atoms with E-state index in [1.54, 1.807) is 31.4 Å². The van der Waals surface area contributed by atoms with Crippen molar-refractivity contribution in [2.45, 2.75) is 115 Å². The molecule has 0 aromatic heterocycles. The SMILES string of the molecule is C1=CC2C(CC1)C1CCCCC1C21C2CCCCC2C2CCC(NC3=CCCCC3)CC21. The molecule has 0 heterocycles. The van der Waals surface area contributed by atoms with Gasteiger partial charge in [-0.15, -0.1) is 0 Å². The van der Waals surface area contributed by atoms with E-state index in [-0.39, 0.29) is 0 Å². The summed E-state index contributed by atoms with van der Waals surface area (Å²) >= 11 is 0. The fraction of sp³-hybridized carbons (Fsp3) is 0.871. The smallest absolute Gasteiger partial charge is 0.0261 e. The maximum absolute atomic E-state index is 4.15. The van der Waals surface area contributed by atoms with Crippen LogP contribution in [0.5, 0.6) is 0 Å². The van der Waals surface area contributed by atoms with Crippen LogP contribution in [0.3, 0.4) is 0 Å². The van der Waals surface area contributed by atoms with Gasteiger partial charge in [0.15, 0.2) is 0 Å². The molecular weight excluding hydrogens is 386 g/mol. The predicted molar refractivity (Wildman–Crippen MR) is 133 cm³/mol. The highest BCUT2D eigenvalue weighted by Crippen LogP contribution is 2.76. The summed E-state index contributed by atoms with van der Waals surface area (Å²) in [5.41, 5.74) is 2.30. The number of fused-ring (bicyclic) bond motifs is 10. The summed E-state index contributed by atoms with van der Waals surface area (Å²) in [4.78, 5) is 0. The largest absolute Gasteiger partial charge is 0.386 e. The van der Waals surface area contributed by atoms with Crippen molar-refractivity contribution in [2.24, 2.45) is 52.8 Å². The maximum atomic E-state index is 4.15. The van der Waals surface area contributed by atoms with Gasteiger partial charge in [0.2, 0.25) is 0 Å². The molecule has 1 spiro atoms. The maximum Gasteiger partial charge on any atom is 0.0261 e. The van der Waals surface area contributed by atoms with E-state index in [1.165, 1.54) is 83.5 Å². The van der Waals surface area contributed by atoms with Crippen LogP contribution in [0, 0.1) is 52.8 Å². The van der Waals surface area contributed by atoms with Crippen LogP contribution < -0.4 is 5.32 Å². The van der Waals surface area contributed by atoms with Crippen LogP contribution in [-0.2, 0) is 0 Å². The molecule has 0 aliphatic heterocycles. The lowest BCUT2D eigenvalue weighted by molar-refractivity contribution is -0.0186. The minimum absolute atomic E-state index is 0.684. The van der Waals surface area contributed by atoms with Gasteiger partial charge in [-0.2, -0.15) is 0 Å². The Morgan fingerprint density at radius 2 is 1.41 bits per heavy atom. The van der Waals surface area contributed by atoms with Crippen LogP contribution in [0.25, 0.3) is 0 Å². The van der Waals surface area contributed by atoms with Gasteiger partial charge >= 0.3 is 0 Å². The third-order valence-electron chi connectivity index (χ3n) is 12.3. The number of hydrogen-bond donors (Lipinski definition) is 1. The van der Waals surface area contributed by atoms with Gasteiger partial charge in [-0.3, -0.25) is 0 Å². The Hall–Kier alpha value is -0.720. The van der Waals surface area contributed by atoms with Gasteiger partial charge in [0.05, 0.1) is 0 Å². The topological polar surface area (TPSA) is 12.0 Å². The fourth-order valence-electron chi connectivity index (χ4n) is 11.7. The quantitative estimate of drug-likeness (QED) is 0.435. The molecule has 1 heteroatoms. The number of hydrogen-bond acceptors (Lipinski definition) is 1. The van der Waals surface area contributed by atoms with Crippen molar-refractivity contribution >= 4 is 0 Å². The molecule has 176 valence electrons. The Kier molecular flexibility index (Phi) is 5.29. The lowest BCUT2D eigenvalue weighted by Crippen LogP contribution is -2.48. The molecule has 0 amide bonds. The number of nitrogens with one attached hydrogen (secondary N) is 1. The van der Waals surface area contributed by atoms with Crippen molar-refractivity contribution in [2.75, 3.05) is 0 Å². The summed E-state index contributed by atoms with van der Waals surface area (Å²) in [6.45, 7) is 0. The number of allylic oxidation sites excluding steroid dienone is 4. The van der Waals surface area contributed by atoms with Gasteiger partial charge in [0, 0.05) is 11.7 Å². The summed E-state index contributed by atoms with van der Waals surface area (Å²) in [5, 5.41) is 4.15. The van der Waals surface area contributed by atoms with Crippen LogP contribution in [0.1, 0.15) is 109 Å². The van der Waals surface area contributed by atoms with Crippen molar-refractivity contribution in [3.8, 4) is 0 Å². The molecule has 0 aromatic rings. The Balaban J connectivity index is 1.28. The van der Waals surface area contributed by atoms with E-state index >= 15 is 0 Å². The standard InChI is InChI=1S/C31H47N/c1-2-10-21(11-3-1)32-22-18-19-26-25-14-6-9-17-29(25)31(30(26)20-22)27-15-7-4-12-23(27)24-13-5-8-16-28(24)31/h7,10,15,22-30,32H,1-6,8-9,11-14,16-20H2. The van der Waals surface area contributed by atoms with Crippen LogP contribution in [-0.4, -0.2) is 6.04 Å². The van der Waals surface area contributed by atoms with Crippen LogP contribution in [0.2, 0.25) is 0 Å². The number of rotatable bonds is 2. The third kappa shape index (κ3) is 2.94. The Labute approximate surface area is 197 Å². The zero-order chi connectivity index (χ0) is 21.1. The molecule has 5 saturated carbocycles. The molecule has 10 atom stereocenters. The van der Waals surface area contributed by atoms with Crippen LogP contribution in [0.4, 0.5) is 0 Å². The summed E-state index contributed by atoms with van der Waals surface area (Å²) in [6.07, 6.45) is 33.3. The van der Waals surface area contributed by atoms with Gasteiger partial charge < -0.3 is 5.32 Å². The first kappa shape index (κ1) is 20.6. The molecule has 7 aliphatic carbocycles. The molecule has 0 aromatic carbocycles. The second-order valence-corrected chi connectivity index (χ2v) is 13.2. The van der Waals surface area contributed by atoms with Gasteiger partial charge in [0.1, 0.15) is 0 Å². The van der Waals surface area contributed by atoms with E-state index in [1.807, 2.05) is 0 Å². The predicted octanol–water partition coefficient (Wildman–Crippen LogP) is 8.03. The van der Waals surface area contributed by atoms with Crippen LogP contribution in [0.15, 0.2) is 23.9 Å². The average Bonchev–Trinajstić information content (AvgIpc) is 3.32. The Bertz CT molecular complexity index is 764. The average molecular weight is 434 g/mol. The molecule has 0 saturated heterocycles. The minimum atomic E-state index is 0.684. The minimum Gasteiger partial charge on any atom is -0.386 e. The summed E-state index contributed by atoms with van der Waals surface area (Å²) in [5.74, 6) is 8.38. The molecule has 0 radical (unpaired) electrons. The fourth-order valence-corrected chi connectivity index (χ4v) is 11.7. The summed E-state index contributed by atoms with van der Waals surface area (Å²) in [6, 6.07) is 0.770. The second kappa shape index (κ2) is 8.20. The summed E-state index contributed by atoms with van der Waals surface area (Å²) in [7, 11) is 0. The van der Waals surface area contributed by atoms with Crippen molar-refractivity contribution in [3.05, 3.63) is 23.9 Å². The Morgan fingerprint density at radius 3 is 2.19 bits per heavy atom.